The lowest BCUT2D eigenvalue weighted by Crippen LogP contribution is -2.38. The maximum Gasteiger partial charge on any atom is 0.272 e. The molecule has 0 saturated carbocycles. The van der Waals surface area contributed by atoms with Gasteiger partial charge in [0.25, 0.3) is 5.91 Å². The zero-order valence-electron chi connectivity index (χ0n) is 16.4. The van der Waals surface area contributed by atoms with Crippen LogP contribution in [0.4, 0.5) is 0 Å². The summed E-state index contributed by atoms with van der Waals surface area (Å²) in [6, 6.07) is 21.6. The number of rotatable bonds is 5. The maximum absolute atomic E-state index is 13.0. The quantitative estimate of drug-likeness (QED) is 0.400. The predicted molar refractivity (Wildman–Crippen MR) is 125 cm³/mol. The molecule has 1 aliphatic rings. The van der Waals surface area contributed by atoms with Crippen molar-refractivity contribution in [1.29, 1.82) is 0 Å². The van der Waals surface area contributed by atoms with Gasteiger partial charge < -0.3 is 4.90 Å². The van der Waals surface area contributed by atoms with Gasteiger partial charge >= 0.3 is 0 Å². The number of hydrogen-bond acceptors (Lipinski definition) is 3. The molecule has 1 aromatic heterocycles. The highest BCUT2D eigenvalue weighted by atomic mass is 35.5. The third-order valence-electron chi connectivity index (χ3n) is 5.36. The van der Waals surface area contributed by atoms with Crippen LogP contribution < -0.4 is 0 Å². The number of benzene rings is 2. The highest BCUT2D eigenvalue weighted by Crippen LogP contribution is 2.35. The second-order valence-corrected chi connectivity index (χ2v) is 9.13. The molecule has 0 spiro atoms. The van der Waals surface area contributed by atoms with E-state index in [1.165, 1.54) is 17.3 Å². The molecule has 0 radical (unpaired) electrons. The standard InChI is InChI=1S/C24H22Cl2N2OS/c25-20-9-5-10-21(26)23(20)30-16-19-8-4-11-22(27-19)24(29)28-14-12-18(13-15-28)17-6-2-1-3-7-17/h1-11,18H,12-16H2. The van der Waals surface area contributed by atoms with E-state index in [-0.39, 0.29) is 5.91 Å². The minimum atomic E-state index is 0.00383. The lowest BCUT2D eigenvalue weighted by atomic mass is 9.89. The zero-order chi connectivity index (χ0) is 20.9. The van der Waals surface area contributed by atoms with Crippen LogP contribution in [0.25, 0.3) is 0 Å². The van der Waals surface area contributed by atoms with Gasteiger partial charge in [0.1, 0.15) is 5.69 Å². The van der Waals surface area contributed by atoms with Crippen molar-refractivity contribution in [3.63, 3.8) is 0 Å². The summed E-state index contributed by atoms with van der Waals surface area (Å²) in [5.41, 5.74) is 2.69. The van der Waals surface area contributed by atoms with E-state index in [9.17, 15) is 4.79 Å². The number of carbonyl (C=O) groups excluding carboxylic acids is 1. The average molecular weight is 457 g/mol. The van der Waals surface area contributed by atoms with Gasteiger partial charge in [-0.15, -0.1) is 11.8 Å². The fraction of sp³-hybridized carbons (Fsp3) is 0.250. The Bertz CT molecular complexity index is 1000. The van der Waals surface area contributed by atoms with Crippen molar-refractivity contribution in [2.24, 2.45) is 0 Å². The van der Waals surface area contributed by atoms with E-state index in [2.05, 4.69) is 29.2 Å². The van der Waals surface area contributed by atoms with Crippen LogP contribution in [0.3, 0.4) is 0 Å². The van der Waals surface area contributed by atoms with E-state index < -0.39 is 0 Å². The summed E-state index contributed by atoms with van der Waals surface area (Å²) >= 11 is 14.0. The Hall–Kier alpha value is -2.01. The van der Waals surface area contributed by atoms with Crippen molar-refractivity contribution < 1.29 is 4.79 Å². The minimum absolute atomic E-state index is 0.00383. The predicted octanol–water partition coefficient (Wildman–Crippen LogP) is 6.70. The molecule has 154 valence electrons. The number of likely N-dealkylation sites (tertiary alicyclic amines) is 1. The third-order valence-corrected chi connectivity index (χ3v) is 7.39. The fourth-order valence-corrected chi connectivity index (χ4v) is 5.34. The van der Waals surface area contributed by atoms with E-state index in [0.717, 1.165) is 36.5 Å². The van der Waals surface area contributed by atoms with Crippen molar-refractivity contribution in [3.05, 3.63) is 93.7 Å². The summed E-state index contributed by atoms with van der Waals surface area (Å²) in [5, 5.41) is 1.25. The first kappa shape index (κ1) is 21.2. The zero-order valence-corrected chi connectivity index (χ0v) is 18.8. The molecule has 1 fully saturated rings. The first-order valence-electron chi connectivity index (χ1n) is 9.99. The van der Waals surface area contributed by atoms with Gasteiger partial charge in [0.15, 0.2) is 0 Å². The van der Waals surface area contributed by atoms with Gasteiger partial charge in [0.05, 0.1) is 15.7 Å². The van der Waals surface area contributed by atoms with Gasteiger partial charge in [-0.3, -0.25) is 4.79 Å². The van der Waals surface area contributed by atoms with Crippen molar-refractivity contribution in [3.8, 4) is 0 Å². The fourth-order valence-electron chi connectivity index (χ4n) is 3.75. The molecule has 3 aromatic rings. The van der Waals surface area contributed by atoms with E-state index in [1.807, 2.05) is 41.3 Å². The number of hydrogen-bond donors (Lipinski definition) is 0. The molecule has 0 aliphatic carbocycles. The topological polar surface area (TPSA) is 33.2 Å². The van der Waals surface area contributed by atoms with Crippen LogP contribution in [-0.4, -0.2) is 28.9 Å². The van der Waals surface area contributed by atoms with Gasteiger partial charge in [-0.1, -0.05) is 65.7 Å². The Morgan fingerprint density at radius 1 is 0.933 bits per heavy atom. The van der Waals surface area contributed by atoms with Crippen LogP contribution in [0.2, 0.25) is 10.0 Å². The molecule has 3 nitrogen and oxygen atoms in total. The minimum Gasteiger partial charge on any atom is -0.337 e. The number of nitrogens with zero attached hydrogens (tertiary/aromatic N) is 2. The van der Waals surface area contributed by atoms with Crippen LogP contribution in [0.5, 0.6) is 0 Å². The summed E-state index contributed by atoms with van der Waals surface area (Å²) in [6.07, 6.45) is 1.96. The van der Waals surface area contributed by atoms with Gasteiger partial charge in [-0.05, 0) is 48.6 Å². The van der Waals surface area contributed by atoms with Crippen molar-refractivity contribution >= 4 is 40.9 Å². The SMILES string of the molecule is O=C(c1cccc(CSc2c(Cl)cccc2Cl)n1)N1CCC(c2ccccc2)CC1. The van der Waals surface area contributed by atoms with Gasteiger partial charge in [0.2, 0.25) is 0 Å². The molecule has 0 atom stereocenters. The Labute approximate surface area is 191 Å². The van der Waals surface area contributed by atoms with Crippen molar-refractivity contribution in [1.82, 2.24) is 9.88 Å². The van der Waals surface area contributed by atoms with Crippen molar-refractivity contribution in [2.45, 2.75) is 29.4 Å². The van der Waals surface area contributed by atoms with E-state index >= 15 is 0 Å². The lowest BCUT2D eigenvalue weighted by Gasteiger charge is -2.32. The molecule has 1 aliphatic heterocycles. The van der Waals surface area contributed by atoms with Crippen molar-refractivity contribution in [2.75, 3.05) is 13.1 Å². The maximum atomic E-state index is 13.0. The second-order valence-electron chi connectivity index (χ2n) is 7.33. The number of pyridine rings is 1. The Morgan fingerprint density at radius 3 is 2.30 bits per heavy atom. The molecule has 1 saturated heterocycles. The van der Waals surface area contributed by atoms with E-state index in [4.69, 9.17) is 23.2 Å². The Balaban J connectivity index is 1.38. The summed E-state index contributed by atoms with van der Waals surface area (Å²) in [4.78, 5) is 20.3. The Morgan fingerprint density at radius 2 is 1.60 bits per heavy atom. The Kier molecular flexibility index (Phi) is 6.98. The molecule has 2 aromatic carbocycles. The smallest absolute Gasteiger partial charge is 0.272 e. The highest BCUT2D eigenvalue weighted by Gasteiger charge is 2.25. The number of halogens is 2. The lowest BCUT2D eigenvalue weighted by molar-refractivity contribution is 0.0707. The first-order valence-corrected chi connectivity index (χ1v) is 11.7. The monoisotopic (exact) mass is 456 g/mol. The summed E-state index contributed by atoms with van der Waals surface area (Å²) in [7, 11) is 0. The molecule has 6 heteroatoms. The van der Waals surface area contributed by atoms with Gasteiger partial charge in [0, 0.05) is 23.7 Å². The molecule has 2 heterocycles. The number of carbonyl (C=O) groups is 1. The number of thioether (sulfide) groups is 1. The van der Waals surface area contributed by atoms with Crippen LogP contribution in [0, 0.1) is 0 Å². The van der Waals surface area contributed by atoms with Gasteiger partial charge in [-0.25, -0.2) is 4.98 Å². The molecular weight excluding hydrogens is 435 g/mol. The summed E-state index contributed by atoms with van der Waals surface area (Å²) in [6.45, 7) is 1.52. The molecule has 0 bridgehead atoms. The molecular formula is C24H22Cl2N2OS. The molecule has 0 N–H and O–H groups in total. The van der Waals surface area contributed by atoms with Crippen LogP contribution in [0.15, 0.2) is 71.6 Å². The third kappa shape index (κ3) is 5.00. The van der Waals surface area contributed by atoms with Crippen LogP contribution >= 0.6 is 35.0 Å². The van der Waals surface area contributed by atoms with Crippen LogP contribution in [-0.2, 0) is 5.75 Å². The first-order chi connectivity index (χ1) is 14.6. The molecule has 4 rings (SSSR count). The van der Waals surface area contributed by atoms with Gasteiger partial charge in [-0.2, -0.15) is 0 Å². The van der Waals surface area contributed by atoms with Crippen LogP contribution in [0.1, 0.15) is 40.5 Å². The summed E-state index contributed by atoms with van der Waals surface area (Å²) in [5.74, 6) is 1.12. The second kappa shape index (κ2) is 9.86. The van der Waals surface area contributed by atoms with E-state index in [1.54, 1.807) is 6.07 Å². The highest BCUT2D eigenvalue weighted by molar-refractivity contribution is 7.98. The normalized spacial score (nSPS) is 14.7. The summed E-state index contributed by atoms with van der Waals surface area (Å²) < 4.78 is 0. The molecule has 30 heavy (non-hydrogen) atoms. The molecule has 1 amide bonds. The largest absolute Gasteiger partial charge is 0.337 e. The average Bonchev–Trinajstić information content (AvgIpc) is 2.79. The van der Waals surface area contributed by atoms with E-state index in [0.29, 0.717) is 27.4 Å². The number of amides is 1. The molecule has 0 unspecified atom stereocenters. The number of piperidine rings is 1. The number of aromatic nitrogens is 1.